The summed E-state index contributed by atoms with van der Waals surface area (Å²) >= 11 is 3.44. The molecule has 0 aliphatic rings. The van der Waals surface area contributed by atoms with Crippen LogP contribution < -0.4 is 5.32 Å². The van der Waals surface area contributed by atoms with Crippen LogP contribution >= 0.6 is 15.9 Å². The standard InChI is InChI=1S/C14H14BrNO2/c1-9(14(17)18)8-16-13-5-3-10-6-12(15)4-2-11(10)7-13/h2-7,9,16H,8H2,1H3,(H,17,18). The van der Waals surface area contributed by atoms with Crippen LogP contribution in [0.1, 0.15) is 6.92 Å². The lowest BCUT2D eigenvalue weighted by atomic mass is 10.1. The molecule has 18 heavy (non-hydrogen) atoms. The van der Waals surface area contributed by atoms with Crippen LogP contribution in [-0.4, -0.2) is 17.6 Å². The molecule has 0 aliphatic heterocycles. The Hall–Kier alpha value is -1.55. The number of hydrogen-bond acceptors (Lipinski definition) is 2. The van der Waals surface area contributed by atoms with Gasteiger partial charge in [-0.1, -0.05) is 35.0 Å². The van der Waals surface area contributed by atoms with Crippen LogP contribution in [0.4, 0.5) is 5.69 Å². The number of aliphatic carboxylic acids is 1. The van der Waals surface area contributed by atoms with E-state index in [2.05, 4.69) is 27.3 Å². The molecule has 0 aromatic heterocycles. The van der Waals surface area contributed by atoms with Gasteiger partial charge in [0.2, 0.25) is 0 Å². The summed E-state index contributed by atoms with van der Waals surface area (Å²) in [6, 6.07) is 12.1. The van der Waals surface area contributed by atoms with Crippen molar-refractivity contribution in [2.75, 3.05) is 11.9 Å². The highest BCUT2D eigenvalue weighted by molar-refractivity contribution is 9.10. The first-order valence-corrected chi connectivity index (χ1v) is 6.51. The Bertz CT molecular complexity index is 583. The molecular formula is C14H14BrNO2. The molecule has 0 spiro atoms. The van der Waals surface area contributed by atoms with E-state index in [0.29, 0.717) is 6.54 Å². The van der Waals surface area contributed by atoms with Crippen molar-refractivity contribution in [3.8, 4) is 0 Å². The molecule has 0 bridgehead atoms. The molecule has 0 saturated heterocycles. The maximum Gasteiger partial charge on any atom is 0.308 e. The zero-order valence-corrected chi connectivity index (χ0v) is 11.6. The minimum atomic E-state index is -0.785. The Balaban J connectivity index is 2.15. The molecule has 2 N–H and O–H groups in total. The summed E-state index contributed by atoms with van der Waals surface area (Å²) in [5.74, 6) is -1.18. The molecule has 2 aromatic carbocycles. The van der Waals surface area contributed by atoms with Crippen molar-refractivity contribution >= 4 is 38.4 Å². The Morgan fingerprint density at radius 1 is 1.28 bits per heavy atom. The molecular weight excluding hydrogens is 294 g/mol. The zero-order chi connectivity index (χ0) is 13.1. The molecule has 0 radical (unpaired) electrons. The summed E-state index contributed by atoms with van der Waals surface area (Å²) in [5, 5.41) is 14.2. The third-order valence-corrected chi connectivity index (χ3v) is 3.33. The van der Waals surface area contributed by atoms with Gasteiger partial charge in [0.1, 0.15) is 0 Å². The largest absolute Gasteiger partial charge is 0.481 e. The number of fused-ring (bicyclic) bond motifs is 1. The highest BCUT2D eigenvalue weighted by Gasteiger charge is 2.09. The van der Waals surface area contributed by atoms with E-state index in [4.69, 9.17) is 5.11 Å². The molecule has 1 unspecified atom stereocenters. The number of benzene rings is 2. The van der Waals surface area contributed by atoms with E-state index < -0.39 is 11.9 Å². The molecule has 1 atom stereocenters. The molecule has 2 rings (SSSR count). The Morgan fingerprint density at radius 2 is 1.94 bits per heavy atom. The number of halogens is 1. The maximum atomic E-state index is 10.7. The van der Waals surface area contributed by atoms with Crippen molar-refractivity contribution in [2.24, 2.45) is 5.92 Å². The van der Waals surface area contributed by atoms with Crippen LogP contribution in [0.15, 0.2) is 40.9 Å². The van der Waals surface area contributed by atoms with Crippen molar-refractivity contribution in [1.29, 1.82) is 0 Å². The molecule has 0 saturated carbocycles. The van der Waals surface area contributed by atoms with E-state index >= 15 is 0 Å². The van der Waals surface area contributed by atoms with Crippen molar-refractivity contribution in [1.82, 2.24) is 0 Å². The second-order valence-corrected chi connectivity index (χ2v) is 5.24. The number of carboxylic acids is 1. The average molecular weight is 308 g/mol. The van der Waals surface area contributed by atoms with Gasteiger partial charge in [0.15, 0.2) is 0 Å². The fourth-order valence-corrected chi connectivity index (χ4v) is 2.06. The van der Waals surface area contributed by atoms with Gasteiger partial charge in [-0.3, -0.25) is 4.79 Å². The lowest BCUT2D eigenvalue weighted by Crippen LogP contribution is -2.19. The summed E-state index contributed by atoms with van der Waals surface area (Å²) in [5.41, 5.74) is 0.943. The summed E-state index contributed by atoms with van der Waals surface area (Å²) in [7, 11) is 0. The van der Waals surface area contributed by atoms with Crippen LogP contribution in [0.5, 0.6) is 0 Å². The Morgan fingerprint density at radius 3 is 2.67 bits per heavy atom. The van der Waals surface area contributed by atoms with Crippen molar-refractivity contribution in [3.63, 3.8) is 0 Å². The molecule has 0 aliphatic carbocycles. The lowest BCUT2D eigenvalue weighted by molar-refractivity contribution is -0.140. The van der Waals surface area contributed by atoms with E-state index in [9.17, 15) is 4.79 Å². The summed E-state index contributed by atoms with van der Waals surface area (Å²) in [6.45, 7) is 2.12. The first kappa shape index (κ1) is 12.9. The van der Waals surface area contributed by atoms with E-state index in [0.717, 1.165) is 20.9 Å². The van der Waals surface area contributed by atoms with E-state index in [-0.39, 0.29) is 0 Å². The van der Waals surface area contributed by atoms with Gasteiger partial charge in [-0.2, -0.15) is 0 Å². The average Bonchev–Trinajstić information content (AvgIpc) is 2.35. The minimum Gasteiger partial charge on any atom is -0.481 e. The topological polar surface area (TPSA) is 49.3 Å². The smallest absolute Gasteiger partial charge is 0.308 e. The second-order valence-electron chi connectivity index (χ2n) is 4.33. The molecule has 2 aromatic rings. The van der Waals surface area contributed by atoms with Crippen LogP contribution in [0, 0.1) is 5.92 Å². The number of carbonyl (C=O) groups is 1. The Labute approximate surface area is 114 Å². The maximum absolute atomic E-state index is 10.7. The highest BCUT2D eigenvalue weighted by atomic mass is 79.9. The summed E-state index contributed by atoms with van der Waals surface area (Å²) < 4.78 is 1.05. The number of hydrogen-bond donors (Lipinski definition) is 2. The molecule has 94 valence electrons. The number of carboxylic acid groups (broad SMARTS) is 1. The van der Waals surface area contributed by atoms with Gasteiger partial charge < -0.3 is 10.4 Å². The van der Waals surface area contributed by atoms with Crippen molar-refractivity contribution in [3.05, 3.63) is 40.9 Å². The number of anilines is 1. The second kappa shape index (κ2) is 5.40. The van der Waals surface area contributed by atoms with Crippen LogP contribution in [0.2, 0.25) is 0 Å². The third kappa shape index (κ3) is 3.01. The van der Waals surface area contributed by atoms with Crippen molar-refractivity contribution < 1.29 is 9.90 Å². The lowest BCUT2D eigenvalue weighted by Gasteiger charge is -2.10. The van der Waals surface area contributed by atoms with Crippen LogP contribution in [-0.2, 0) is 4.79 Å². The fourth-order valence-electron chi connectivity index (χ4n) is 1.68. The molecule has 3 nitrogen and oxygen atoms in total. The van der Waals surface area contributed by atoms with Crippen molar-refractivity contribution in [2.45, 2.75) is 6.92 Å². The van der Waals surface area contributed by atoms with Gasteiger partial charge in [-0.15, -0.1) is 0 Å². The van der Waals surface area contributed by atoms with E-state index in [1.54, 1.807) is 6.92 Å². The monoisotopic (exact) mass is 307 g/mol. The predicted molar refractivity (Wildman–Crippen MR) is 76.9 cm³/mol. The number of nitrogens with one attached hydrogen (secondary N) is 1. The van der Waals surface area contributed by atoms with Gasteiger partial charge in [-0.25, -0.2) is 0 Å². The van der Waals surface area contributed by atoms with Crippen LogP contribution in [0.3, 0.4) is 0 Å². The zero-order valence-electron chi connectivity index (χ0n) is 9.98. The summed E-state index contributed by atoms with van der Waals surface area (Å²) in [4.78, 5) is 10.7. The first-order valence-electron chi connectivity index (χ1n) is 5.72. The number of rotatable bonds is 4. The van der Waals surface area contributed by atoms with Gasteiger partial charge >= 0.3 is 5.97 Å². The Kier molecular flexibility index (Phi) is 3.87. The fraction of sp³-hybridized carbons (Fsp3) is 0.214. The summed E-state index contributed by atoms with van der Waals surface area (Å²) in [6.07, 6.45) is 0. The van der Waals surface area contributed by atoms with Gasteiger partial charge in [0, 0.05) is 16.7 Å². The molecule has 0 heterocycles. The van der Waals surface area contributed by atoms with Gasteiger partial charge in [0.05, 0.1) is 5.92 Å². The van der Waals surface area contributed by atoms with Gasteiger partial charge in [-0.05, 0) is 35.0 Å². The van der Waals surface area contributed by atoms with Crippen LogP contribution in [0.25, 0.3) is 10.8 Å². The highest BCUT2D eigenvalue weighted by Crippen LogP contribution is 2.23. The first-order chi connectivity index (χ1) is 8.56. The SMILES string of the molecule is CC(CNc1ccc2cc(Br)ccc2c1)C(=O)O. The molecule has 0 fully saturated rings. The normalized spacial score (nSPS) is 12.3. The minimum absolute atomic E-state index is 0.398. The van der Waals surface area contributed by atoms with E-state index in [1.165, 1.54) is 0 Å². The van der Waals surface area contributed by atoms with Gasteiger partial charge in [0.25, 0.3) is 0 Å². The predicted octanol–water partition coefficient (Wildman–Crippen LogP) is 3.73. The third-order valence-electron chi connectivity index (χ3n) is 2.84. The van der Waals surface area contributed by atoms with E-state index in [1.807, 2.05) is 30.3 Å². The molecule has 0 amide bonds. The molecule has 4 heteroatoms. The quantitative estimate of drug-likeness (QED) is 0.904.